The largest absolute Gasteiger partial charge is 0.470 e. The highest BCUT2D eigenvalue weighted by atomic mass is 16.5. The molecule has 0 aliphatic carbocycles. The maximum absolute atomic E-state index is 5.06. The molecule has 2 rings (SSSR count). The summed E-state index contributed by atoms with van der Waals surface area (Å²) in [5.74, 6) is 0. The standard InChI is InChI=1S/C10H10NO/c1-11-8-12-7-10(11)9-5-3-2-4-6-9/h2-8H,1H3. The molecule has 2 nitrogen and oxygen atoms in total. The molecule has 0 atom stereocenters. The maximum Gasteiger partial charge on any atom is 0.227 e. The zero-order valence-electron chi connectivity index (χ0n) is 6.90. The lowest BCUT2D eigenvalue weighted by Gasteiger charge is -2.11. The zero-order chi connectivity index (χ0) is 8.39. The van der Waals surface area contributed by atoms with Crippen LogP contribution in [-0.2, 0) is 4.74 Å². The quantitative estimate of drug-likeness (QED) is 0.623. The van der Waals surface area contributed by atoms with Gasteiger partial charge in [0, 0.05) is 12.6 Å². The molecular weight excluding hydrogens is 150 g/mol. The van der Waals surface area contributed by atoms with Gasteiger partial charge in [0.1, 0.15) is 6.26 Å². The Bertz CT molecular complexity index is 292. The Kier molecular flexibility index (Phi) is 1.74. The second kappa shape index (κ2) is 2.89. The van der Waals surface area contributed by atoms with Crippen LogP contribution in [0.25, 0.3) is 5.70 Å². The topological polar surface area (TPSA) is 12.5 Å². The maximum atomic E-state index is 5.06. The highest BCUT2D eigenvalue weighted by Crippen LogP contribution is 2.23. The summed E-state index contributed by atoms with van der Waals surface area (Å²) in [6, 6.07) is 10.2. The molecule has 0 N–H and O–H groups in total. The minimum absolute atomic E-state index is 1.09. The molecule has 1 aliphatic heterocycles. The average Bonchev–Trinajstić information content (AvgIpc) is 2.53. The van der Waals surface area contributed by atoms with E-state index in [1.165, 1.54) is 5.56 Å². The first-order valence-electron chi connectivity index (χ1n) is 3.85. The molecule has 0 spiro atoms. The fourth-order valence-electron chi connectivity index (χ4n) is 1.21. The van der Waals surface area contributed by atoms with E-state index in [4.69, 9.17) is 4.74 Å². The van der Waals surface area contributed by atoms with Crippen molar-refractivity contribution in [2.24, 2.45) is 0 Å². The van der Waals surface area contributed by atoms with Crippen molar-refractivity contribution in [2.75, 3.05) is 7.05 Å². The summed E-state index contributed by atoms with van der Waals surface area (Å²) in [5, 5.41) is 0. The van der Waals surface area contributed by atoms with Crippen molar-refractivity contribution in [3.05, 3.63) is 48.9 Å². The van der Waals surface area contributed by atoms with E-state index < -0.39 is 0 Å². The molecule has 0 fully saturated rings. The predicted molar refractivity (Wildman–Crippen MR) is 47.6 cm³/mol. The van der Waals surface area contributed by atoms with Gasteiger partial charge in [-0.2, -0.15) is 0 Å². The smallest absolute Gasteiger partial charge is 0.227 e. The van der Waals surface area contributed by atoms with Gasteiger partial charge in [-0.15, -0.1) is 0 Å². The van der Waals surface area contributed by atoms with Gasteiger partial charge in [0.2, 0.25) is 6.73 Å². The van der Waals surface area contributed by atoms with Gasteiger partial charge in [-0.25, -0.2) is 0 Å². The van der Waals surface area contributed by atoms with Crippen LogP contribution in [0.3, 0.4) is 0 Å². The van der Waals surface area contributed by atoms with Crippen molar-refractivity contribution < 1.29 is 4.74 Å². The van der Waals surface area contributed by atoms with Crippen LogP contribution >= 0.6 is 0 Å². The van der Waals surface area contributed by atoms with E-state index >= 15 is 0 Å². The minimum Gasteiger partial charge on any atom is -0.470 e. The number of benzene rings is 1. The third kappa shape index (κ3) is 1.16. The molecule has 61 valence electrons. The van der Waals surface area contributed by atoms with Crippen LogP contribution < -0.4 is 0 Å². The van der Waals surface area contributed by atoms with E-state index in [1.807, 2.05) is 30.1 Å². The summed E-state index contributed by atoms with van der Waals surface area (Å²) < 4.78 is 5.06. The molecule has 1 radical (unpaired) electrons. The Morgan fingerprint density at radius 3 is 2.50 bits per heavy atom. The highest BCUT2D eigenvalue weighted by Gasteiger charge is 2.13. The summed E-state index contributed by atoms with van der Waals surface area (Å²) in [6.45, 7) is 1.68. The summed E-state index contributed by atoms with van der Waals surface area (Å²) in [4.78, 5) is 1.95. The molecule has 1 heterocycles. The van der Waals surface area contributed by atoms with E-state index in [2.05, 4.69) is 12.1 Å². The molecular formula is C10H10NO. The minimum atomic E-state index is 1.09. The van der Waals surface area contributed by atoms with Crippen LogP contribution in [0.5, 0.6) is 0 Å². The number of ether oxygens (including phenoxy) is 1. The fourth-order valence-corrected chi connectivity index (χ4v) is 1.21. The van der Waals surface area contributed by atoms with Crippen LogP contribution in [0.2, 0.25) is 0 Å². The van der Waals surface area contributed by atoms with Crippen molar-refractivity contribution in [3.8, 4) is 0 Å². The summed E-state index contributed by atoms with van der Waals surface area (Å²) in [5.41, 5.74) is 2.27. The van der Waals surface area contributed by atoms with Crippen molar-refractivity contribution in [1.82, 2.24) is 4.90 Å². The van der Waals surface area contributed by atoms with E-state index in [-0.39, 0.29) is 0 Å². The SMILES string of the molecule is CN1[CH]OC=C1c1ccccc1. The van der Waals surface area contributed by atoms with Gasteiger partial charge in [-0.05, 0) is 0 Å². The van der Waals surface area contributed by atoms with E-state index in [0.717, 1.165) is 5.70 Å². The van der Waals surface area contributed by atoms with Crippen LogP contribution in [0.4, 0.5) is 0 Å². The van der Waals surface area contributed by atoms with Gasteiger partial charge in [-0.3, -0.25) is 0 Å². The number of rotatable bonds is 1. The Hall–Kier alpha value is -1.44. The van der Waals surface area contributed by atoms with Crippen molar-refractivity contribution >= 4 is 5.70 Å². The Balaban J connectivity index is 2.31. The molecule has 12 heavy (non-hydrogen) atoms. The molecule has 0 bridgehead atoms. The zero-order valence-corrected chi connectivity index (χ0v) is 6.90. The first kappa shape index (κ1) is 7.22. The lowest BCUT2D eigenvalue weighted by molar-refractivity contribution is 0.282. The third-order valence-electron chi connectivity index (χ3n) is 1.85. The molecule has 0 unspecified atom stereocenters. The average molecular weight is 160 g/mol. The van der Waals surface area contributed by atoms with E-state index in [1.54, 1.807) is 13.0 Å². The first-order valence-corrected chi connectivity index (χ1v) is 3.85. The molecule has 0 saturated carbocycles. The highest BCUT2D eigenvalue weighted by molar-refractivity contribution is 5.64. The fraction of sp³-hybridized carbons (Fsp3) is 0.100. The molecule has 0 aromatic heterocycles. The summed E-state index contributed by atoms with van der Waals surface area (Å²) >= 11 is 0. The second-order valence-electron chi connectivity index (χ2n) is 2.72. The normalized spacial score (nSPS) is 15.8. The predicted octanol–water partition coefficient (Wildman–Crippen LogP) is 2.07. The van der Waals surface area contributed by atoms with Gasteiger partial charge in [-0.1, -0.05) is 30.3 Å². The van der Waals surface area contributed by atoms with E-state index in [9.17, 15) is 0 Å². The molecule has 0 amide bonds. The van der Waals surface area contributed by atoms with E-state index in [0.29, 0.717) is 0 Å². The van der Waals surface area contributed by atoms with Crippen molar-refractivity contribution in [2.45, 2.75) is 0 Å². The number of hydrogen-bond donors (Lipinski definition) is 0. The van der Waals surface area contributed by atoms with Crippen molar-refractivity contribution in [1.29, 1.82) is 0 Å². The first-order chi connectivity index (χ1) is 5.88. The number of hydrogen-bond acceptors (Lipinski definition) is 2. The lowest BCUT2D eigenvalue weighted by Crippen LogP contribution is -2.07. The van der Waals surface area contributed by atoms with Crippen LogP contribution in [0.1, 0.15) is 5.56 Å². The van der Waals surface area contributed by atoms with Gasteiger partial charge in [0.15, 0.2) is 0 Å². The molecule has 2 heteroatoms. The second-order valence-corrected chi connectivity index (χ2v) is 2.72. The molecule has 1 aromatic carbocycles. The summed E-state index contributed by atoms with van der Waals surface area (Å²) in [6.07, 6.45) is 1.75. The van der Waals surface area contributed by atoms with Gasteiger partial charge < -0.3 is 9.64 Å². The van der Waals surface area contributed by atoms with Crippen LogP contribution in [0, 0.1) is 6.73 Å². The molecule has 1 aliphatic rings. The lowest BCUT2D eigenvalue weighted by atomic mass is 10.2. The number of nitrogens with zero attached hydrogens (tertiary/aromatic N) is 1. The monoisotopic (exact) mass is 160 g/mol. The molecule has 1 aromatic rings. The molecule has 0 saturated heterocycles. The van der Waals surface area contributed by atoms with Crippen molar-refractivity contribution in [3.63, 3.8) is 0 Å². The van der Waals surface area contributed by atoms with Crippen LogP contribution in [0.15, 0.2) is 36.6 Å². The van der Waals surface area contributed by atoms with Gasteiger partial charge in [0.25, 0.3) is 0 Å². The third-order valence-corrected chi connectivity index (χ3v) is 1.85. The Labute approximate surface area is 72.1 Å². The summed E-state index contributed by atoms with van der Waals surface area (Å²) in [7, 11) is 1.96. The van der Waals surface area contributed by atoms with Gasteiger partial charge in [0.05, 0.1) is 5.70 Å². The Morgan fingerprint density at radius 2 is 1.92 bits per heavy atom. The van der Waals surface area contributed by atoms with Crippen LogP contribution in [-0.4, -0.2) is 11.9 Å². The van der Waals surface area contributed by atoms with Gasteiger partial charge >= 0.3 is 0 Å². The Morgan fingerprint density at radius 1 is 1.17 bits per heavy atom.